The predicted octanol–water partition coefficient (Wildman–Crippen LogP) is 3.39. The van der Waals surface area contributed by atoms with Crippen molar-refractivity contribution in [3.8, 4) is 0 Å². The van der Waals surface area contributed by atoms with Crippen molar-refractivity contribution in [2.45, 2.75) is 12.8 Å². The molecule has 2 aromatic carbocycles. The molecule has 0 spiro atoms. The number of benzene rings is 2. The lowest BCUT2D eigenvalue weighted by atomic mass is 9.80. The summed E-state index contributed by atoms with van der Waals surface area (Å²) in [5.74, 6) is -4.83. The van der Waals surface area contributed by atoms with Crippen molar-refractivity contribution in [3.63, 3.8) is 0 Å². The minimum absolute atomic E-state index is 0.142. The van der Waals surface area contributed by atoms with Crippen molar-refractivity contribution in [3.05, 3.63) is 75.5 Å². The highest BCUT2D eigenvalue weighted by Gasteiger charge is 2.39. The van der Waals surface area contributed by atoms with Crippen LogP contribution < -0.4 is 0 Å². The summed E-state index contributed by atoms with van der Waals surface area (Å²) in [5.41, 5.74) is 1.96. The Morgan fingerprint density at radius 3 is 2.57 bits per heavy atom. The van der Waals surface area contributed by atoms with E-state index in [1.165, 1.54) is 6.07 Å². The molecule has 0 saturated heterocycles. The maximum Gasteiger partial charge on any atom is 0.321 e. The van der Waals surface area contributed by atoms with Crippen LogP contribution in [0.4, 0.5) is 5.69 Å². The first-order chi connectivity index (χ1) is 13.3. The first kappa shape index (κ1) is 19.1. The number of carbonyl (C=O) groups excluding carboxylic acids is 1. The fourth-order valence-electron chi connectivity index (χ4n) is 3.43. The van der Waals surface area contributed by atoms with Gasteiger partial charge in [0.1, 0.15) is 0 Å². The molecule has 8 heteroatoms. The number of carboxylic acids is 1. The fourth-order valence-corrected chi connectivity index (χ4v) is 3.43. The van der Waals surface area contributed by atoms with Crippen molar-refractivity contribution in [1.29, 1.82) is 0 Å². The Morgan fingerprint density at radius 2 is 1.93 bits per heavy atom. The van der Waals surface area contributed by atoms with Gasteiger partial charge in [-0.05, 0) is 24.1 Å². The quantitative estimate of drug-likeness (QED) is 0.292. The van der Waals surface area contributed by atoms with E-state index in [9.17, 15) is 24.8 Å². The van der Waals surface area contributed by atoms with Gasteiger partial charge >= 0.3 is 11.9 Å². The number of ether oxygens (including phenoxy) is 1. The molecule has 28 heavy (non-hydrogen) atoms. The molecule has 3 aromatic rings. The predicted molar refractivity (Wildman–Crippen MR) is 101 cm³/mol. The highest BCUT2D eigenvalue weighted by Crippen LogP contribution is 2.39. The van der Waals surface area contributed by atoms with E-state index in [0.29, 0.717) is 16.7 Å². The van der Waals surface area contributed by atoms with Gasteiger partial charge in [0.05, 0.1) is 12.0 Å². The number of aromatic nitrogens is 1. The molecule has 0 bridgehead atoms. The number of aromatic amines is 1. The van der Waals surface area contributed by atoms with Gasteiger partial charge in [0.15, 0.2) is 5.92 Å². The minimum Gasteiger partial charge on any atom is -0.481 e. The van der Waals surface area contributed by atoms with Gasteiger partial charge in [-0.2, -0.15) is 0 Å². The Bertz CT molecular complexity index is 1070. The molecule has 1 aromatic heterocycles. The number of rotatable bonds is 6. The van der Waals surface area contributed by atoms with Crippen LogP contribution >= 0.6 is 0 Å². The summed E-state index contributed by atoms with van der Waals surface area (Å²) in [5, 5.41) is 21.9. The monoisotopic (exact) mass is 382 g/mol. The van der Waals surface area contributed by atoms with Crippen LogP contribution in [0.15, 0.2) is 48.7 Å². The number of methoxy groups -OCH3 is 1. The highest BCUT2D eigenvalue weighted by molar-refractivity contribution is 5.97. The zero-order valence-corrected chi connectivity index (χ0v) is 15.2. The maximum atomic E-state index is 12.3. The van der Waals surface area contributed by atoms with Gasteiger partial charge in [0.25, 0.3) is 5.69 Å². The summed E-state index contributed by atoms with van der Waals surface area (Å²) in [6, 6.07) is 11.7. The average Bonchev–Trinajstić information content (AvgIpc) is 3.09. The number of aryl methyl sites for hydroxylation is 1. The number of carboxylic acid groups (broad SMARTS) is 1. The summed E-state index contributed by atoms with van der Waals surface area (Å²) >= 11 is 0. The maximum absolute atomic E-state index is 12.3. The van der Waals surface area contributed by atoms with Crippen LogP contribution in [0.25, 0.3) is 10.9 Å². The molecule has 2 atom stereocenters. The lowest BCUT2D eigenvalue weighted by molar-refractivity contribution is -0.385. The summed E-state index contributed by atoms with van der Waals surface area (Å²) in [4.78, 5) is 38.2. The number of nitrogens with one attached hydrogen (secondary N) is 1. The van der Waals surface area contributed by atoms with Gasteiger partial charge in [0, 0.05) is 34.6 Å². The molecule has 2 N–H and O–H groups in total. The number of esters is 1. The Kier molecular flexibility index (Phi) is 5.12. The lowest BCUT2D eigenvalue weighted by Gasteiger charge is -2.23. The Balaban J connectivity index is 2.29. The molecule has 1 heterocycles. The topological polar surface area (TPSA) is 123 Å². The first-order valence-electron chi connectivity index (χ1n) is 8.46. The van der Waals surface area contributed by atoms with Crippen LogP contribution in [-0.2, 0) is 14.3 Å². The number of nitro groups is 1. The number of H-pyrrole nitrogens is 1. The summed E-state index contributed by atoms with van der Waals surface area (Å²) < 4.78 is 4.72. The van der Waals surface area contributed by atoms with Gasteiger partial charge in [-0.3, -0.25) is 19.7 Å². The number of fused-ring (bicyclic) bond motifs is 1. The van der Waals surface area contributed by atoms with Crippen LogP contribution in [0.2, 0.25) is 0 Å². The lowest BCUT2D eigenvalue weighted by Crippen LogP contribution is -2.31. The molecule has 144 valence electrons. The Hall–Kier alpha value is -3.68. The van der Waals surface area contributed by atoms with E-state index >= 15 is 0 Å². The number of nitro benzene ring substituents is 1. The fraction of sp³-hybridized carbons (Fsp3) is 0.200. The van der Waals surface area contributed by atoms with Crippen molar-refractivity contribution in [2.75, 3.05) is 7.11 Å². The normalized spacial score (nSPS) is 13.1. The smallest absolute Gasteiger partial charge is 0.321 e. The van der Waals surface area contributed by atoms with E-state index in [2.05, 4.69) is 4.98 Å². The summed E-state index contributed by atoms with van der Waals surface area (Å²) in [6.07, 6.45) is 1.62. The van der Waals surface area contributed by atoms with Crippen LogP contribution in [-0.4, -0.2) is 34.1 Å². The van der Waals surface area contributed by atoms with Crippen LogP contribution in [0.1, 0.15) is 22.6 Å². The van der Waals surface area contributed by atoms with E-state index < -0.39 is 28.7 Å². The molecule has 0 aliphatic carbocycles. The number of aliphatic carboxylic acids is 1. The van der Waals surface area contributed by atoms with E-state index in [0.717, 1.165) is 18.0 Å². The van der Waals surface area contributed by atoms with Crippen LogP contribution in [0, 0.1) is 23.0 Å². The molecule has 0 amide bonds. The summed E-state index contributed by atoms with van der Waals surface area (Å²) in [7, 11) is 1.11. The Labute approximate surface area is 159 Å². The van der Waals surface area contributed by atoms with Crippen LogP contribution in [0.5, 0.6) is 0 Å². The van der Waals surface area contributed by atoms with E-state index in [1.807, 2.05) is 12.1 Å². The standard InChI is InChI=1S/C20H18N2O6/c1-11-7-8-12(9-16(11)22(26)27)17(18(19(23)24)20(25)28-2)14-10-21-15-6-4-3-5-13(14)15/h3-10,17-18,21H,1-2H3,(H,23,24). The third-order valence-corrected chi connectivity index (χ3v) is 4.80. The Morgan fingerprint density at radius 1 is 1.21 bits per heavy atom. The molecule has 0 aliphatic rings. The van der Waals surface area contributed by atoms with E-state index in [1.54, 1.807) is 37.4 Å². The number of para-hydroxylation sites is 1. The van der Waals surface area contributed by atoms with Crippen molar-refractivity contribution in [2.24, 2.45) is 5.92 Å². The van der Waals surface area contributed by atoms with E-state index in [-0.39, 0.29) is 5.69 Å². The zero-order valence-electron chi connectivity index (χ0n) is 15.2. The van der Waals surface area contributed by atoms with Gasteiger partial charge in [-0.15, -0.1) is 0 Å². The number of nitrogens with zero attached hydrogens (tertiary/aromatic N) is 1. The van der Waals surface area contributed by atoms with E-state index in [4.69, 9.17) is 4.74 Å². The molecule has 3 rings (SSSR count). The van der Waals surface area contributed by atoms with Gasteiger partial charge < -0.3 is 14.8 Å². The molecule has 0 aliphatic heterocycles. The van der Waals surface area contributed by atoms with Gasteiger partial charge in [0.2, 0.25) is 0 Å². The van der Waals surface area contributed by atoms with Crippen LogP contribution in [0.3, 0.4) is 0 Å². The number of hydrogen-bond acceptors (Lipinski definition) is 5. The highest BCUT2D eigenvalue weighted by atomic mass is 16.6. The third-order valence-electron chi connectivity index (χ3n) is 4.80. The van der Waals surface area contributed by atoms with Gasteiger partial charge in [-0.1, -0.05) is 30.3 Å². The van der Waals surface area contributed by atoms with Gasteiger partial charge in [-0.25, -0.2) is 0 Å². The molecular formula is C20H18N2O6. The largest absolute Gasteiger partial charge is 0.481 e. The summed E-state index contributed by atoms with van der Waals surface area (Å²) in [6.45, 7) is 1.59. The van der Waals surface area contributed by atoms with Crippen molar-refractivity contribution < 1.29 is 24.4 Å². The first-order valence-corrected chi connectivity index (χ1v) is 8.46. The van der Waals surface area contributed by atoms with Crippen molar-refractivity contribution >= 4 is 28.5 Å². The SMILES string of the molecule is COC(=O)C(C(=O)O)C(c1ccc(C)c([N+](=O)[O-])c1)c1c[nH]c2ccccc12. The molecule has 0 fully saturated rings. The second-order valence-corrected chi connectivity index (χ2v) is 6.41. The number of hydrogen-bond donors (Lipinski definition) is 2. The van der Waals surface area contributed by atoms with Crippen molar-refractivity contribution in [1.82, 2.24) is 4.98 Å². The second kappa shape index (κ2) is 7.51. The molecule has 8 nitrogen and oxygen atoms in total. The molecule has 0 radical (unpaired) electrons. The number of carbonyl (C=O) groups is 2. The second-order valence-electron chi connectivity index (χ2n) is 6.41. The molecular weight excluding hydrogens is 364 g/mol. The molecule has 2 unspecified atom stereocenters. The minimum atomic E-state index is -1.56. The average molecular weight is 382 g/mol. The third kappa shape index (κ3) is 3.32. The molecule has 0 saturated carbocycles. The zero-order chi connectivity index (χ0) is 20.4.